The third-order valence-electron chi connectivity index (χ3n) is 3.46. The maximum atomic E-state index is 12.6. The molecule has 0 atom stereocenters. The van der Waals surface area contributed by atoms with E-state index in [-0.39, 0.29) is 11.3 Å². The van der Waals surface area contributed by atoms with Crippen LogP contribution < -0.4 is 25.9 Å². The van der Waals surface area contributed by atoms with Gasteiger partial charge in [0, 0.05) is 11.8 Å². The van der Waals surface area contributed by atoms with Crippen LogP contribution in [-0.4, -0.2) is 31.7 Å². The van der Waals surface area contributed by atoms with Crippen LogP contribution in [0.5, 0.6) is 11.5 Å². The van der Waals surface area contributed by atoms with Gasteiger partial charge in [0.25, 0.3) is 5.91 Å². The number of hydrogen-bond acceptors (Lipinski definition) is 7. The van der Waals surface area contributed by atoms with Crippen molar-refractivity contribution in [3.05, 3.63) is 48.0 Å². The molecule has 0 spiro atoms. The normalized spacial score (nSPS) is 10.5. The summed E-state index contributed by atoms with van der Waals surface area (Å²) in [5.74, 6) is 0.144. The first kappa shape index (κ1) is 19.3. The van der Waals surface area contributed by atoms with Gasteiger partial charge in [-0.15, -0.1) is 0 Å². The van der Waals surface area contributed by atoms with Gasteiger partial charge in [0.15, 0.2) is 17.3 Å². The Kier molecular flexibility index (Phi) is 6.33. The number of hydrogen-bond donors (Lipinski definition) is 4. The number of para-hydroxylation sites is 1. The topological polar surface area (TPSA) is 146 Å². The van der Waals surface area contributed by atoms with Crippen LogP contribution in [-0.2, 0) is 0 Å². The third kappa shape index (κ3) is 4.73. The molecule has 9 heteroatoms. The van der Waals surface area contributed by atoms with Crippen molar-refractivity contribution in [3.63, 3.8) is 0 Å². The highest BCUT2D eigenvalue weighted by atomic mass is 16.5. The maximum absolute atomic E-state index is 12.6. The zero-order valence-corrected chi connectivity index (χ0v) is 14.7. The summed E-state index contributed by atoms with van der Waals surface area (Å²) in [5.41, 5.74) is 8.71. The van der Waals surface area contributed by atoms with E-state index in [9.17, 15) is 4.79 Å². The Morgan fingerprint density at radius 1 is 1.19 bits per heavy atom. The second-order valence-corrected chi connectivity index (χ2v) is 5.17. The molecule has 0 radical (unpaired) electrons. The summed E-state index contributed by atoms with van der Waals surface area (Å²) in [4.78, 5) is 12.6. The predicted molar refractivity (Wildman–Crippen MR) is 103 cm³/mol. The molecule has 27 heavy (non-hydrogen) atoms. The van der Waals surface area contributed by atoms with Gasteiger partial charge >= 0.3 is 0 Å². The molecule has 2 aromatic rings. The minimum Gasteiger partial charge on any atom is -0.493 e. The van der Waals surface area contributed by atoms with Gasteiger partial charge in [0.1, 0.15) is 6.07 Å². The predicted octanol–water partition coefficient (Wildman–Crippen LogP) is 2.18. The number of amides is 1. The number of amidine groups is 1. The van der Waals surface area contributed by atoms with Crippen molar-refractivity contribution in [2.45, 2.75) is 0 Å². The zero-order valence-electron chi connectivity index (χ0n) is 14.7. The molecule has 1 amide bonds. The lowest BCUT2D eigenvalue weighted by Gasteiger charge is -2.12. The van der Waals surface area contributed by atoms with Crippen LogP contribution in [0.2, 0.25) is 0 Å². The summed E-state index contributed by atoms with van der Waals surface area (Å²) in [6.45, 7) is 0. The summed E-state index contributed by atoms with van der Waals surface area (Å²) >= 11 is 0. The Balaban J connectivity index is 2.25. The second kappa shape index (κ2) is 8.87. The van der Waals surface area contributed by atoms with Crippen LogP contribution in [0.4, 0.5) is 11.4 Å². The van der Waals surface area contributed by atoms with Gasteiger partial charge in [-0.1, -0.05) is 12.1 Å². The number of methoxy groups -OCH3 is 2. The van der Waals surface area contributed by atoms with Crippen molar-refractivity contribution >= 4 is 28.8 Å². The molecule has 0 heterocycles. The molecule has 0 bridgehead atoms. The number of benzene rings is 2. The molecule has 0 aliphatic carbocycles. The van der Waals surface area contributed by atoms with Gasteiger partial charge < -0.3 is 20.5 Å². The Bertz CT molecular complexity index is 933. The molecular formula is C18H18N6O3. The van der Waals surface area contributed by atoms with Gasteiger partial charge in [0.2, 0.25) is 5.71 Å². The van der Waals surface area contributed by atoms with Gasteiger partial charge in [0.05, 0.1) is 25.5 Å². The molecule has 138 valence electrons. The monoisotopic (exact) mass is 366 g/mol. The summed E-state index contributed by atoms with van der Waals surface area (Å²) in [6, 6.07) is 13.3. The lowest BCUT2D eigenvalue weighted by molar-refractivity contribution is 0.102. The number of carbonyl (C=O) groups excluding carboxylic acids is 1. The average molecular weight is 366 g/mol. The summed E-state index contributed by atoms with van der Waals surface area (Å²) in [7, 11) is 3.03. The number of nitrogens with zero attached hydrogens (tertiary/aromatic N) is 2. The van der Waals surface area contributed by atoms with Crippen molar-refractivity contribution in [2.75, 3.05) is 25.0 Å². The lowest BCUT2D eigenvalue weighted by Crippen LogP contribution is -2.22. The Morgan fingerprint density at radius 3 is 2.52 bits per heavy atom. The molecule has 0 aliphatic rings. The lowest BCUT2D eigenvalue weighted by atomic mass is 10.1. The fraction of sp³-hybridized carbons (Fsp3) is 0.111. The highest BCUT2D eigenvalue weighted by Gasteiger charge is 2.13. The molecule has 0 aliphatic heterocycles. The number of nitrogens with two attached hydrogens (primary N) is 1. The second-order valence-electron chi connectivity index (χ2n) is 5.17. The van der Waals surface area contributed by atoms with E-state index in [0.717, 1.165) is 0 Å². The minimum atomic E-state index is -0.475. The van der Waals surface area contributed by atoms with Gasteiger partial charge in [-0.25, -0.2) is 0 Å². The quantitative estimate of drug-likeness (QED) is 0.336. The number of nitrogens with one attached hydrogen (secondary N) is 3. The van der Waals surface area contributed by atoms with Crippen molar-refractivity contribution in [2.24, 2.45) is 10.8 Å². The van der Waals surface area contributed by atoms with E-state index in [1.165, 1.54) is 14.2 Å². The van der Waals surface area contributed by atoms with Crippen LogP contribution in [0.25, 0.3) is 0 Å². The Morgan fingerprint density at radius 2 is 1.89 bits per heavy atom. The van der Waals surface area contributed by atoms with E-state index in [1.54, 1.807) is 48.5 Å². The van der Waals surface area contributed by atoms with Crippen LogP contribution >= 0.6 is 0 Å². The summed E-state index contributed by atoms with van der Waals surface area (Å²) < 4.78 is 10.4. The third-order valence-corrected chi connectivity index (χ3v) is 3.46. The smallest absolute Gasteiger partial charge is 0.257 e. The number of nitriles is 1. The molecule has 5 N–H and O–H groups in total. The first-order valence-electron chi connectivity index (χ1n) is 7.70. The van der Waals surface area contributed by atoms with E-state index in [0.29, 0.717) is 22.9 Å². The standard InChI is InChI=1S/C18H18N6O3/c1-26-15-8-7-11(9-16(15)27-2)22-18(25)12-5-3-4-6-13(12)23-24-14(10-19)17(20)21/h3-9,23H,1-2H3,(H3,20,21)(H,22,25)/b24-14+. The maximum Gasteiger partial charge on any atom is 0.257 e. The molecule has 2 rings (SSSR count). The van der Waals surface area contributed by atoms with Crippen molar-refractivity contribution < 1.29 is 14.3 Å². The van der Waals surface area contributed by atoms with Gasteiger partial charge in [-0.05, 0) is 24.3 Å². The van der Waals surface area contributed by atoms with Gasteiger partial charge in [-0.3, -0.25) is 15.6 Å². The van der Waals surface area contributed by atoms with Crippen molar-refractivity contribution in [1.29, 1.82) is 10.7 Å². The molecular weight excluding hydrogens is 348 g/mol. The number of hydrazone groups is 1. The molecule has 9 nitrogen and oxygen atoms in total. The first-order chi connectivity index (χ1) is 13.0. The van der Waals surface area contributed by atoms with E-state index in [4.69, 9.17) is 25.9 Å². The van der Waals surface area contributed by atoms with Crippen LogP contribution in [0.3, 0.4) is 0 Å². The van der Waals surface area contributed by atoms with Crippen LogP contribution in [0, 0.1) is 16.7 Å². The Hall–Kier alpha value is -4.06. The minimum absolute atomic E-state index is 0.287. The van der Waals surface area contributed by atoms with Crippen LogP contribution in [0.15, 0.2) is 47.6 Å². The summed E-state index contributed by atoms with van der Waals surface area (Å²) in [5, 5.41) is 22.7. The molecule has 0 unspecified atom stereocenters. The molecule has 2 aromatic carbocycles. The van der Waals surface area contributed by atoms with E-state index >= 15 is 0 Å². The van der Waals surface area contributed by atoms with Gasteiger partial charge in [-0.2, -0.15) is 10.4 Å². The molecule has 0 aromatic heterocycles. The zero-order chi connectivity index (χ0) is 19.8. The van der Waals surface area contributed by atoms with Crippen molar-refractivity contribution in [3.8, 4) is 17.6 Å². The molecule has 0 saturated carbocycles. The number of ether oxygens (including phenoxy) is 2. The molecule has 0 saturated heterocycles. The number of rotatable bonds is 7. The van der Waals surface area contributed by atoms with E-state index in [2.05, 4.69) is 15.8 Å². The average Bonchev–Trinajstić information content (AvgIpc) is 2.68. The SMILES string of the molecule is COc1ccc(NC(=O)c2ccccc2N/N=C(\C#N)C(=N)N)cc1OC. The van der Waals surface area contributed by atoms with Crippen molar-refractivity contribution in [1.82, 2.24) is 0 Å². The van der Waals surface area contributed by atoms with Crippen LogP contribution in [0.1, 0.15) is 10.4 Å². The highest BCUT2D eigenvalue weighted by molar-refractivity contribution is 6.45. The summed E-state index contributed by atoms with van der Waals surface area (Å²) in [6.07, 6.45) is 0. The number of carbonyl (C=O) groups is 1. The fourth-order valence-electron chi connectivity index (χ4n) is 2.15. The van der Waals surface area contributed by atoms with E-state index in [1.807, 2.05) is 0 Å². The first-order valence-corrected chi connectivity index (χ1v) is 7.70. The highest BCUT2D eigenvalue weighted by Crippen LogP contribution is 2.30. The largest absolute Gasteiger partial charge is 0.493 e. The Labute approximate surface area is 155 Å². The molecule has 0 fully saturated rings. The number of anilines is 2. The van der Waals surface area contributed by atoms with E-state index < -0.39 is 11.7 Å². The fourth-order valence-corrected chi connectivity index (χ4v) is 2.15.